The average molecular weight is 356 g/mol. The molecule has 0 aliphatic carbocycles. The van der Waals surface area contributed by atoms with Gasteiger partial charge in [-0.1, -0.05) is 121 Å². The van der Waals surface area contributed by atoms with Crippen molar-refractivity contribution in [3.63, 3.8) is 0 Å². The van der Waals surface area contributed by atoms with Crippen LogP contribution in [0.1, 0.15) is 5.56 Å². The molecule has 4 aromatic carbocycles. The van der Waals surface area contributed by atoms with E-state index < -0.39 is 6.15 Å². The predicted molar refractivity (Wildman–Crippen MR) is 115 cm³/mol. The van der Waals surface area contributed by atoms with Crippen molar-refractivity contribution in [2.75, 3.05) is 0 Å². The van der Waals surface area contributed by atoms with Crippen LogP contribution in [-0.4, -0.2) is 6.15 Å². The van der Waals surface area contributed by atoms with Crippen LogP contribution < -0.4 is 51.4 Å². The zero-order chi connectivity index (χ0) is 17.8. The molecular weight excluding hydrogens is 334 g/mol. The van der Waals surface area contributed by atoms with E-state index in [1.807, 2.05) is 0 Å². The minimum atomic E-state index is -1.24. The summed E-state index contributed by atoms with van der Waals surface area (Å²) < 4.78 is 0. The Balaban J connectivity index is 0.00000210. The van der Waals surface area contributed by atoms with E-state index in [-0.39, 0.29) is 29.6 Å². The van der Waals surface area contributed by atoms with Gasteiger partial charge in [0.1, 0.15) is 6.15 Å². The molecule has 0 N–H and O–H groups in total. The van der Waals surface area contributed by atoms with E-state index in [0.717, 1.165) is 0 Å². The van der Waals surface area contributed by atoms with Gasteiger partial charge in [-0.15, -0.1) is 0 Å². The van der Waals surface area contributed by atoms with E-state index in [2.05, 4.69) is 122 Å². The molecule has 126 valence electrons. The average Bonchev–Trinajstić information content (AvgIpc) is 2.72. The molecule has 2 heteroatoms. The Morgan fingerprint density at radius 1 is 0.444 bits per heavy atom. The van der Waals surface area contributed by atoms with Gasteiger partial charge in [-0.3, -0.25) is 0 Å². The van der Waals surface area contributed by atoms with Crippen molar-refractivity contribution in [1.29, 1.82) is 0 Å². The summed E-state index contributed by atoms with van der Waals surface area (Å²) in [5.74, 6) is 0. The Morgan fingerprint density at radius 2 is 0.778 bits per heavy atom. The molecule has 0 spiro atoms. The van der Waals surface area contributed by atoms with Crippen molar-refractivity contribution >= 4 is 28.0 Å². The van der Waals surface area contributed by atoms with E-state index in [1.165, 1.54) is 27.4 Å². The second-order valence-corrected chi connectivity index (χ2v) is 6.95. The maximum Gasteiger partial charge on any atom is 1.00 e. The van der Waals surface area contributed by atoms with Crippen molar-refractivity contribution in [2.24, 2.45) is 0 Å². The number of rotatable bonds is 4. The summed E-state index contributed by atoms with van der Waals surface area (Å²) in [6.07, 6.45) is -1.24. The van der Waals surface area contributed by atoms with Crippen LogP contribution in [0.3, 0.4) is 0 Å². The SMILES string of the molecule is Cc1ccccc1[B-](c1ccccc1)(c1ccccc1)c1ccccc1.[Na+]. The molecule has 27 heavy (non-hydrogen) atoms. The largest absolute Gasteiger partial charge is 1.00 e. The summed E-state index contributed by atoms with van der Waals surface area (Å²) in [7, 11) is 0. The quantitative estimate of drug-likeness (QED) is 0.464. The van der Waals surface area contributed by atoms with E-state index in [0.29, 0.717) is 0 Å². The van der Waals surface area contributed by atoms with Crippen LogP contribution in [0.2, 0.25) is 0 Å². The molecule has 0 heterocycles. The molecule has 0 fully saturated rings. The van der Waals surface area contributed by atoms with Crippen LogP contribution >= 0.6 is 0 Å². The van der Waals surface area contributed by atoms with Crippen molar-refractivity contribution < 1.29 is 29.6 Å². The first-order chi connectivity index (χ1) is 12.8. The molecule has 0 bridgehead atoms. The van der Waals surface area contributed by atoms with Gasteiger partial charge in [-0.2, -0.15) is 21.9 Å². The standard InChI is InChI=1S/C25H22B.Na/c1-21-13-11-12-20-25(21)26(22-14-5-2-6-15-22,23-16-7-3-8-17-23)24-18-9-4-10-19-24;/h2-20H,1H3;/q-1;+1. The molecule has 4 aromatic rings. The fraction of sp³-hybridized carbons (Fsp3) is 0.0400. The van der Waals surface area contributed by atoms with Gasteiger partial charge in [0.25, 0.3) is 0 Å². The number of aryl methyl sites for hydroxylation is 1. The first-order valence-corrected chi connectivity index (χ1v) is 9.21. The molecule has 0 aliphatic heterocycles. The first kappa shape index (κ1) is 19.7. The van der Waals surface area contributed by atoms with Gasteiger partial charge >= 0.3 is 29.6 Å². The summed E-state index contributed by atoms with van der Waals surface area (Å²) in [6.45, 7) is 2.22. The second kappa shape index (κ2) is 8.76. The zero-order valence-electron chi connectivity index (χ0n) is 16.0. The molecule has 0 saturated carbocycles. The van der Waals surface area contributed by atoms with Crippen molar-refractivity contribution in [3.05, 3.63) is 121 Å². The molecular formula is C25H22BNa. The summed E-state index contributed by atoms with van der Waals surface area (Å²) in [4.78, 5) is 0. The second-order valence-electron chi connectivity index (χ2n) is 6.95. The molecule has 0 aromatic heterocycles. The van der Waals surface area contributed by atoms with Crippen molar-refractivity contribution in [1.82, 2.24) is 0 Å². The smallest absolute Gasteiger partial charge is 0.195 e. The number of hydrogen-bond donors (Lipinski definition) is 0. The van der Waals surface area contributed by atoms with Crippen molar-refractivity contribution in [3.8, 4) is 0 Å². The first-order valence-electron chi connectivity index (χ1n) is 9.21. The summed E-state index contributed by atoms with van der Waals surface area (Å²) >= 11 is 0. The third kappa shape index (κ3) is 3.56. The van der Waals surface area contributed by atoms with Gasteiger partial charge in [-0.05, 0) is 6.92 Å². The van der Waals surface area contributed by atoms with Gasteiger partial charge in [-0.25, -0.2) is 0 Å². The monoisotopic (exact) mass is 356 g/mol. The Bertz CT molecular complexity index is 886. The maximum atomic E-state index is 2.29. The van der Waals surface area contributed by atoms with Crippen LogP contribution in [-0.2, 0) is 0 Å². The fourth-order valence-corrected chi connectivity index (χ4v) is 4.41. The summed E-state index contributed by atoms with van der Waals surface area (Å²) in [6, 6.07) is 41.6. The van der Waals surface area contributed by atoms with Crippen LogP contribution in [0.5, 0.6) is 0 Å². The Kier molecular flexibility index (Phi) is 6.39. The number of hydrogen-bond acceptors (Lipinski definition) is 0. The molecule has 0 atom stereocenters. The van der Waals surface area contributed by atoms with Gasteiger partial charge in [0.05, 0.1) is 0 Å². The van der Waals surface area contributed by atoms with Crippen LogP contribution in [0.25, 0.3) is 0 Å². The van der Waals surface area contributed by atoms with Crippen LogP contribution in [0.4, 0.5) is 0 Å². The van der Waals surface area contributed by atoms with Gasteiger partial charge in [0, 0.05) is 0 Å². The van der Waals surface area contributed by atoms with E-state index >= 15 is 0 Å². The molecule has 0 amide bonds. The Hall–Kier alpha value is -2.06. The molecule has 0 saturated heterocycles. The Morgan fingerprint density at radius 3 is 1.15 bits per heavy atom. The third-order valence-electron chi connectivity index (χ3n) is 5.55. The molecule has 0 aliphatic rings. The number of benzene rings is 4. The van der Waals surface area contributed by atoms with Crippen LogP contribution in [0.15, 0.2) is 115 Å². The minimum Gasteiger partial charge on any atom is -0.195 e. The summed E-state index contributed by atoms with van der Waals surface area (Å²) in [5, 5.41) is 0. The minimum absolute atomic E-state index is 0. The van der Waals surface area contributed by atoms with E-state index in [4.69, 9.17) is 0 Å². The maximum absolute atomic E-state index is 2.29. The van der Waals surface area contributed by atoms with E-state index in [9.17, 15) is 0 Å². The van der Waals surface area contributed by atoms with Gasteiger partial charge < -0.3 is 0 Å². The normalized spacial score (nSPS) is 10.9. The van der Waals surface area contributed by atoms with Crippen LogP contribution in [0, 0.1) is 6.92 Å². The van der Waals surface area contributed by atoms with Crippen molar-refractivity contribution in [2.45, 2.75) is 6.92 Å². The Labute approximate surface area is 184 Å². The topological polar surface area (TPSA) is 0 Å². The molecule has 0 unspecified atom stereocenters. The zero-order valence-corrected chi connectivity index (χ0v) is 18.0. The summed E-state index contributed by atoms with van der Waals surface area (Å²) in [5.41, 5.74) is 6.75. The van der Waals surface area contributed by atoms with Gasteiger partial charge in [0.2, 0.25) is 0 Å². The molecule has 0 radical (unpaired) electrons. The third-order valence-corrected chi connectivity index (χ3v) is 5.55. The fourth-order valence-electron chi connectivity index (χ4n) is 4.41. The molecule has 4 rings (SSSR count). The molecule has 0 nitrogen and oxygen atoms in total. The van der Waals surface area contributed by atoms with Gasteiger partial charge in [0.15, 0.2) is 0 Å². The van der Waals surface area contributed by atoms with E-state index in [1.54, 1.807) is 0 Å². The predicted octanol–water partition coefficient (Wildman–Crippen LogP) is 0.376.